The maximum atomic E-state index is 12.2. The van der Waals surface area contributed by atoms with Gasteiger partial charge in [-0.2, -0.15) is 5.26 Å². The highest BCUT2D eigenvalue weighted by Crippen LogP contribution is 2.43. The molecule has 2 rings (SSSR count). The molecule has 0 spiro atoms. The first kappa shape index (κ1) is 19.4. The van der Waals surface area contributed by atoms with Crippen LogP contribution in [0.5, 0.6) is 5.75 Å². The van der Waals surface area contributed by atoms with Gasteiger partial charge in [-0.25, -0.2) is 4.79 Å². The van der Waals surface area contributed by atoms with Crippen molar-refractivity contribution in [3.8, 4) is 11.8 Å². The zero-order chi connectivity index (χ0) is 18.9. The van der Waals surface area contributed by atoms with Crippen LogP contribution in [0, 0.1) is 18.3 Å². The maximum Gasteiger partial charge on any atom is 0.410 e. The molecule has 0 saturated carbocycles. The molecule has 0 N–H and O–H groups in total. The number of benzene rings is 1. The Bertz CT molecular complexity index is 711. The van der Waals surface area contributed by atoms with Crippen LogP contribution < -0.4 is 4.74 Å². The van der Waals surface area contributed by atoms with Gasteiger partial charge in [-0.3, -0.25) is 0 Å². The van der Waals surface area contributed by atoms with Gasteiger partial charge in [0.1, 0.15) is 11.4 Å². The van der Waals surface area contributed by atoms with Crippen molar-refractivity contribution in [3.05, 3.63) is 28.3 Å². The number of nitriles is 1. The molecule has 1 heterocycles. The van der Waals surface area contributed by atoms with E-state index >= 15 is 0 Å². The van der Waals surface area contributed by atoms with Crippen molar-refractivity contribution in [1.29, 1.82) is 5.26 Å². The fourth-order valence-corrected chi connectivity index (χ4v) is 3.21. The monoisotopic (exact) mass is 364 g/mol. The normalized spacial score (nSPS) is 16.0. The molecule has 1 unspecified atom stereocenters. The maximum absolute atomic E-state index is 12.2. The highest BCUT2D eigenvalue weighted by Gasteiger charge is 2.38. The molecule has 0 bridgehead atoms. The topological polar surface area (TPSA) is 62.6 Å². The molecule has 0 aliphatic carbocycles. The molecule has 1 aliphatic rings. The number of alkyl halides is 1. The number of halogens is 1. The number of likely N-dealkylation sites (tertiary alicyclic amines) is 1. The van der Waals surface area contributed by atoms with Gasteiger partial charge in [-0.1, -0.05) is 0 Å². The Balaban J connectivity index is 2.32. The minimum Gasteiger partial charge on any atom is -0.496 e. The summed E-state index contributed by atoms with van der Waals surface area (Å²) in [5.41, 5.74) is 2.66. The molecular weight excluding hydrogens is 340 g/mol. The van der Waals surface area contributed by atoms with Crippen LogP contribution in [0.2, 0.25) is 0 Å². The highest BCUT2D eigenvalue weighted by molar-refractivity contribution is 6.20. The van der Waals surface area contributed by atoms with Crippen molar-refractivity contribution < 1.29 is 14.3 Å². The standard InChI is InChI=1S/C19H25ClN2O3/c1-11-7-14(12(2)20)17(24-6)16(15(11)8-21)13-9-22(10-13)18(23)25-19(3,4)5/h7,12-13H,9-10H2,1-6H3. The smallest absolute Gasteiger partial charge is 0.410 e. The largest absolute Gasteiger partial charge is 0.496 e. The first-order valence-electron chi connectivity index (χ1n) is 8.32. The lowest BCUT2D eigenvalue weighted by atomic mass is 9.84. The molecule has 1 aromatic carbocycles. The highest BCUT2D eigenvalue weighted by atomic mass is 35.5. The summed E-state index contributed by atoms with van der Waals surface area (Å²) in [7, 11) is 1.59. The number of carbonyl (C=O) groups is 1. The van der Waals surface area contributed by atoms with Gasteiger partial charge in [0.05, 0.1) is 24.1 Å². The van der Waals surface area contributed by atoms with Gasteiger partial charge in [0.2, 0.25) is 0 Å². The van der Waals surface area contributed by atoms with E-state index < -0.39 is 5.60 Å². The van der Waals surface area contributed by atoms with Crippen LogP contribution in [0.25, 0.3) is 0 Å². The molecule has 1 aliphatic heterocycles. The molecular formula is C19H25ClN2O3. The molecule has 1 fully saturated rings. The summed E-state index contributed by atoms with van der Waals surface area (Å²) < 4.78 is 11.0. The lowest BCUT2D eigenvalue weighted by Gasteiger charge is -2.41. The van der Waals surface area contributed by atoms with Gasteiger partial charge >= 0.3 is 6.09 Å². The quantitative estimate of drug-likeness (QED) is 0.740. The zero-order valence-corrected chi connectivity index (χ0v) is 16.4. The van der Waals surface area contributed by atoms with Gasteiger partial charge in [-0.05, 0) is 46.2 Å². The molecule has 1 saturated heterocycles. The molecule has 0 radical (unpaired) electrons. The number of nitrogens with zero attached hydrogens (tertiary/aromatic N) is 2. The zero-order valence-electron chi connectivity index (χ0n) is 15.6. The molecule has 25 heavy (non-hydrogen) atoms. The van der Waals surface area contributed by atoms with Gasteiger partial charge in [-0.15, -0.1) is 11.6 Å². The van der Waals surface area contributed by atoms with Gasteiger partial charge in [0.15, 0.2) is 0 Å². The van der Waals surface area contributed by atoms with E-state index in [4.69, 9.17) is 21.1 Å². The van der Waals surface area contributed by atoms with Crippen molar-refractivity contribution >= 4 is 17.7 Å². The summed E-state index contributed by atoms with van der Waals surface area (Å²) in [6.45, 7) is 10.3. The Labute approximate surface area is 154 Å². The Kier molecular flexibility index (Phi) is 5.53. The summed E-state index contributed by atoms with van der Waals surface area (Å²) in [6, 6.07) is 4.18. The number of ether oxygens (including phenoxy) is 2. The SMILES string of the molecule is COc1c(C(C)Cl)cc(C)c(C#N)c1C1CN(C(=O)OC(C)(C)C)C1. The number of hydrogen-bond acceptors (Lipinski definition) is 4. The Morgan fingerprint density at radius 2 is 2.04 bits per heavy atom. The Morgan fingerprint density at radius 3 is 2.48 bits per heavy atom. The van der Waals surface area contributed by atoms with Crippen LogP contribution in [0.15, 0.2) is 6.07 Å². The summed E-state index contributed by atoms with van der Waals surface area (Å²) in [5, 5.41) is 9.37. The van der Waals surface area contributed by atoms with E-state index in [2.05, 4.69) is 6.07 Å². The predicted octanol–water partition coefficient (Wildman–Crippen LogP) is 4.51. The summed E-state index contributed by atoms with van der Waals surface area (Å²) in [6.07, 6.45) is -0.334. The second-order valence-corrected chi connectivity index (χ2v) is 8.07. The average molecular weight is 365 g/mol. The van der Waals surface area contributed by atoms with E-state index in [1.807, 2.05) is 40.7 Å². The van der Waals surface area contributed by atoms with Crippen molar-refractivity contribution in [2.45, 2.75) is 51.5 Å². The number of methoxy groups -OCH3 is 1. The summed E-state index contributed by atoms with van der Waals surface area (Å²) in [4.78, 5) is 13.8. The molecule has 1 amide bonds. The molecule has 0 aromatic heterocycles. The summed E-state index contributed by atoms with van der Waals surface area (Å²) >= 11 is 6.30. The second-order valence-electron chi connectivity index (χ2n) is 7.41. The van der Waals surface area contributed by atoms with E-state index in [0.717, 1.165) is 16.7 Å². The lowest BCUT2D eigenvalue weighted by Crippen LogP contribution is -2.50. The number of rotatable bonds is 3. The third-order valence-electron chi connectivity index (χ3n) is 4.23. The van der Waals surface area contributed by atoms with Crippen LogP contribution in [-0.2, 0) is 4.74 Å². The minimum absolute atomic E-state index is 0.0335. The average Bonchev–Trinajstić information content (AvgIpc) is 2.43. The first-order chi connectivity index (χ1) is 11.6. The number of hydrogen-bond donors (Lipinski definition) is 0. The van der Waals surface area contributed by atoms with Crippen LogP contribution in [-0.4, -0.2) is 36.8 Å². The predicted molar refractivity (Wildman–Crippen MR) is 97.3 cm³/mol. The van der Waals surface area contributed by atoms with Crippen molar-refractivity contribution in [3.63, 3.8) is 0 Å². The molecule has 1 atom stereocenters. The van der Waals surface area contributed by atoms with Crippen LogP contribution in [0.3, 0.4) is 0 Å². The van der Waals surface area contributed by atoms with Crippen LogP contribution in [0.4, 0.5) is 4.79 Å². The van der Waals surface area contributed by atoms with E-state index in [1.54, 1.807) is 12.0 Å². The van der Waals surface area contributed by atoms with E-state index in [0.29, 0.717) is 24.4 Å². The van der Waals surface area contributed by atoms with Crippen molar-refractivity contribution in [2.75, 3.05) is 20.2 Å². The fourth-order valence-electron chi connectivity index (χ4n) is 3.05. The van der Waals surface area contributed by atoms with Crippen molar-refractivity contribution in [2.24, 2.45) is 0 Å². The van der Waals surface area contributed by atoms with E-state index in [-0.39, 0.29) is 17.4 Å². The number of aryl methyl sites for hydroxylation is 1. The molecule has 6 heteroatoms. The van der Waals surface area contributed by atoms with Gasteiger partial charge < -0.3 is 14.4 Å². The molecule has 1 aromatic rings. The second kappa shape index (κ2) is 7.13. The number of carbonyl (C=O) groups excluding carboxylic acids is 1. The van der Waals surface area contributed by atoms with E-state index in [1.165, 1.54) is 0 Å². The van der Waals surface area contributed by atoms with Gasteiger partial charge in [0, 0.05) is 30.1 Å². The van der Waals surface area contributed by atoms with Crippen LogP contribution >= 0.6 is 11.6 Å². The number of amides is 1. The minimum atomic E-state index is -0.526. The fraction of sp³-hybridized carbons (Fsp3) is 0.579. The molecule has 136 valence electrons. The van der Waals surface area contributed by atoms with Gasteiger partial charge in [0.25, 0.3) is 0 Å². The Hall–Kier alpha value is -1.93. The molecule has 5 nitrogen and oxygen atoms in total. The van der Waals surface area contributed by atoms with Crippen molar-refractivity contribution in [1.82, 2.24) is 4.90 Å². The third-order valence-corrected chi connectivity index (χ3v) is 4.46. The van der Waals surface area contributed by atoms with E-state index in [9.17, 15) is 10.1 Å². The third kappa shape index (κ3) is 4.01. The summed E-state index contributed by atoms with van der Waals surface area (Å²) in [5.74, 6) is 0.685. The lowest BCUT2D eigenvalue weighted by molar-refractivity contribution is 0.00797. The van der Waals surface area contributed by atoms with Crippen LogP contribution in [0.1, 0.15) is 61.2 Å². The Morgan fingerprint density at radius 1 is 1.44 bits per heavy atom. The first-order valence-corrected chi connectivity index (χ1v) is 8.76.